The van der Waals surface area contributed by atoms with Crippen molar-refractivity contribution in [2.45, 2.75) is 19.4 Å². The number of piperidine rings is 1. The molecule has 1 saturated heterocycles. The maximum Gasteiger partial charge on any atom is 0.281 e. The second-order valence-electron chi connectivity index (χ2n) is 6.74. The van der Waals surface area contributed by atoms with Crippen molar-refractivity contribution in [3.63, 3.8) is 0 Å². The summed E-state index contributed by atoms with van der Waals surface area (Å²) < 4.78 is 43.1. The van der Waals surface area contributed by atoms with Gasteiger partial charge in [-0.05, 0) is 30.5 Å². The summed E-state index contributed by atoms with van der Waals surface area (Å²) in [6.45, 7) is 0.880. The van der Waals surface area contributed by atoms with Crippen LogP contribution < -0.4 is 19.5 Å². The van der Waals surface area contributed by atoms with Crippen LogP contribution in [0.1, 0.15) is 18.4 Å². The highest BCUT2D eigenvalue weighted by Crippen LogP contribution is 2.38. The maximum absolute atomic E-state index is 12.6. The third kappa shape index (κ3) is 4.86. The summed E-state index contributed by atoms with van der Waals surface area (Å²) in [6.07, 6.45) is 1.30. The van der Waals surface area contributed by atoms with Gasteiger partial charge < -0.3 is 19.5 Å². The molecule has 0 aromatic heterocycles. The second-order valence-corrected chi connectivity index (χ2v) is 8.88. The first kappa shape index (κ1) is 22.3. The topological polar surface area (TPSA) is 97.4 Å². The Morgan fingerprint density at radius 1 is 1.18 bits per heavy atom. The molecule has 28 heavy (non-hydrogen) atoms. The van der Waals surface area contributed by atoms with Gasteiger partial charge in [0.15, 0.2) is 11.5 Å². The number of amides is 1. The largest absolute Gasteiger partial charge is 0.493 e. The number of carbonyl (C=O) groups excluding carboxylic acids is 1. The van der Waals surface area contributed by atoms with Crippen LogP contribution in [0.3, 0.4) is 0 Å². The van der Waals surface area contributed by atoms with Crippen molar-refractivity contribution in [3.8, 4) is 17.2 Å². The molecule has 1 amide bonds. The van der Waals surface area contributed by atoms with Gasteiger partial charge in [-0.1, -0.05) is 0 Å². The molecule has 0 bridgehead atoms. The van der Waals surface area contributed by atoms with E-state index >= 15 is 0 Å². The minimum absolute atomic E-state index is 0.174. The van der Waals surface area contributed by atoms with Crippen molar-refractivity contribution in [1.82, 2.24) is 13.9 Å². The number of hydrogen-bond donors (Lipinski definition) is 1. The zero-order valence-electron chi connectivity index (χ0n) is 17.0. The minimum Gasteiger partial charge on any atom is -0.493 e. The van der Waals surface area contributed by atoms with Gasteiger partial charge in [-0.25, -0.2) is 0 Å². The second kappa shape index (κ2) is 9.44. The van der Waals surface area contributed by atoms with Crippen molar-refractivity contribution in [2.75, 3.05) is 48.5 Å². The number of nitrogens with one attached hydrogen (secondary N) is 1. The zero-order chi connectivity index (χ0) is 20.9. The summed E-state index contributed by atoms with van der Waals surface area (Å²) in [5.74, 6) is 0.939. The Hall–Kier alpha value is -2.04. The SMILES string of the molecule is COc1cc(CNC(=O)C2CCCN(S(=O)(=O)N(C)C)C2)cc(OC)c1OC. The fourth-order valence-electron chi connectivity index (χ4n) is 3.17. The summed E-state index contributed by atoms with van der Waals surface area (Å²) in [5, 5.41) is 2.88. The Kier molecular flexibility index (Phi) is 7.50. The Morgan fingerprint density at radius 3 is 2.29 bits per heavy atom. The summed E-state index contributed by atoms with van der Waals surface area (Å²) >= 11 is 0. The Bertz CT molecular complexity index is 772. The molecule has 1 aromatic rings. The van der Waals surface area contributed by atoms with Gasteiger partial charge in [0, 0.05) is 33.7 Å². The van der Waals surface area contributed by atoms with Crippen molar-refractivity contribution < 1.29 is 27.4 Å². The molecule has 1 aromatic carbocycles. The van der Waals surface area contributed by atoms with Gasteiger partial charge in [-0.2, -0.15) is 17.0 Å². The number of hydrogen-bond acceptors (Lipinski definition) is 6. The first-order valence-electron chi connectivity index (χ1n) is 8.98. The van der Waals surface area contributed by atoms with Crippen LogP contribution in [-0.2, 0) is 21.5 Å². The van der Waals surface area contributed by atoms with Crippen molar-refractivity contribution in [3.05, 3.63) is 17.7 Å². The molecule has 10 heteroatoms. The molecule has 0 radical (unpaired) electrons. The number of rotatable bonds is 8. The van der Waals surface area contributed by atoms with E-state index in [-0.39, 0.29) is 24.9 Å². The predicted octanol–water partition coefficient (Wildman–Crippen LogP) is 0.847. The van der Waals surface area contributed by atoms with Crippen LogP contribution in [0.5, 0.6) is 17.2 Å². The van der Waals surface area contributed by atoms with Crippen LogP contribution in [0.15, 0.2) is 12.1 Å². The molecule has 1 aliphatic rings. The quantitative estimate of drug-likeness (QED) is 0.676. The molecule has 0 aliphatic carbocycles. The zero-order valence-corrected chi connectivity index (χ0v) is 17.8. The van der Waals surface area contributed by atoms with Crippen LogP contribution in [0.2, 0.25) is 0 Å². The summed E-state index contributed by atoms with van der Waals surface area (Å²) in [6, 6.07) is 3.54. The van der Waals surface area contributed by atoms with Crippen molar-refractivity contribution in [1.29, 1.82) is 0 Å². The molecule has 1 aliphatic heterocycles. The molecule has 1 atom stereocenters. The fraction of sp³-hybridized carbons (Fsp3) is 0.611. The number of nitrogens with zero attached hydrogens (tertiary/aromatic N) is 2. The number of methoxy groups -OCH3 is 3. The smallest absolute Gasteiger partial charge is 0.281 e. The highest BCUT2D eigenvalue weighted by molar-refractivity contribution is 7.86. The van der Waals surface area contributed by atoms with Crippen LogP contribution >= 0.6 is 0 Å². The molecule has 0 spiro atoms. The number of benzene rings is 1. The lowest BCUT2D eigenvalue weighted by atomic mass is 9.98. The van der Waals surface area contributed by atoms with E-state index in [2.05, 4.69) is 5.32 Å². The number of ether oxygens (including phenoxy) is 3. The molecule has 1 fully saturated rings. The summed E-state index contributed by atoms with van der Waals surface area (Å²) in [4.78, 5) is 12.6. The summed E-state index contributed by atoms with van der Waals surface area (Å²) in [7, 11) is 4.04. The molecule has 1 heterocycles. The Labute approximate surface area is 166 Å². The van der Waals surface area contributed by atoms with Crippen LogP contribution in [0.25, 0.3) is 0 Å². The molecular weight excluding hydrogens is 386 g/mol. The van der Waals surface area contributed by atoms with Crippen LogP contribution in [0, 0.1) is 5.92 Å². The van der Waals surface area contributed by atoms with E-state index in [4.69, 9.17) is 14.2 Å². The van der Waals surface area contributed by atoms with Gasteiger partial charge in [0.05, 0.1) is 27.2 Å². The molecule has 2 rings (SSSR count). The average Bonchev–Trinajstić information content (AvgIpc) is 2.70. The molecule has 158 valence electrons. The van der Waals surface area contributed by atoms with E-state index in [1.165, 1.54) is 44.0 Å². The number of carbonyl (C=O) groups is 1. The highest BCUT2D eigenvalue weighted by Gasteiger charge is 2.33. The van der Waals surface area contributed by atoms with Gasteiger partial charge >= 0.3 is 0 Å². The predicted molar refractivity (Wildman–Crippen MR) is 105 cm³/mol. The first-order chi connectivity index (χ1) is 13.2. The molecule has 9 nitrogen and oxygen atoms in total. The van der Waals surface area contributed by atoms with E-state index in [0.717, 1.165) is 5.56 Å². The lowest BCUT2D eigenvalue weighted by Crippen LogP contribution is -2.48. The van der Waals surface area contributed by atoms with Gasteiger partial charge in [0.1, 0.15) is 0 Å². The summed E-state index contributed by atoms with van der Waals surface area (Å²) in [5.41, 5.74) is 0.788. The lowest BCUT2D eigenvalue weighted by molar-refractivity contribution is -0.126. The minimum atomic E-state index is -3.52. The van der Waals surface area contributed by atoms with Crippen LogP contribution in [0.4, 0.5) is 0 Å². The monoisotopic (exact) mass is 415 g/mol. The average molecular weight is 416 g/mol. The van der Waals surface area contributed by atoms with E-state index in [9.17, 15) is 13.2 Å². The Balaban J connectivity index is 2.06. The third-order valence-corrected chi connectivity index (χ3v) is 6.64. The van der Waals surface area contributed by atoms with E-state index < -0.39 is 10.2 Å². The van der Waals surface area contributed by atoms with Gasteiger partial charge in [0.25, 0.3) is 10.2 Å². The highest BCUT2D eigenvalue weighted by atomic mass is 32.2. The van der Waals surface area contributed by atoms with E-state index in [1.54, 1.807) is 12.1 Å². The lowest BCUT2D eigenvalue weighted by Gasteiger charge is -2.32. The Morgan fingerprint density at radius 2 is 1.79 bits per heavy atom. The third-order valence-electron chi connectivity index (χ3n) is 4.73. The van der Waals surface area contributed by atoms with Crippen molar-refractivity contribution in [2.24, 2.45) is 5.92 Å². The maximum atomic E-state index is 12.6. The normalized spacial score (nSPS) is 18.0. The first-order valence-corrected chi connectivity index (χ1v) is 10.4. The molecule has 1 unspecified atom stereocenters. The van der Waals surface area contributed by atoms with Gasteiger partial charge in [0.2, 0.25) is 11.7 Å². The van der Waals surface area contributed by atoms with Crippen molar-refractivity contribution >= 4 is 16.1 Å². The van der Waals surface area contributed by atoms with E-state index in [0.29, 0.717) is 36.6 Å². The van der Waals surface area contributed by atoms with Crippen LogP contribution in [-0.4, -0.2) is 71.4 Å². The standard InChI is InChI=1S/C18H29N3O6S/c1-20(2)28(23,24)21-8-6-7-14(12-21)18(22)19-11-13-9-15(25-3)17(27-5)16(10-13)26-4/h9-10,14H,6-8,11-12H2,1-5H3,(H,19,22). The molecule has 1 N–H and O–H groups in total. The van der Waals surface area contributed by atoms with Gasteiger partial charge in [-0.15, -0.1) is 0 Å². The molecule has 0 saturated carbocycles. The fourth-order valence-corrected chi connectivity index (χ4v) is 4.36. The molecular formula is C18H29N3O6S. The van der Waals surface area contributed by atoms with Gasteiger partial charge in [-0.3, -0.25) is 4.79 Å². The van der Waals surface area contributed by atoms with E-state index in [1.807, 2.05) is 0 Å².